The van der Waals surface area contributed by atoms with Crippen LogP contribution in [0.1, 0.15) is 44.2 Å². The predicted octanol–water partition coefficient (Wildman–Crippen LogP) is 6.16. The minimum Gasteiger partial charge on any atom is -0.489 e. The maximum absolute atomic E-state index is 12.5. The summed E-state index contributed by atoms with van der Waals surface area (Å²) in [5, 5.41) is 0. The van der Waals surface area contributed by atoms with Crippen molar-refractivity contribution in [2.75, 3.05) is 13.2 Å². The average molecular weight is 479 g/mol. The Hall–Kier alpha value is -3.16. The van der Waals surface area contributed by atoms with Crippen molar-refractivity contribution in [1.82, 2.24) is 0 Å². The Balaban J connectivity index is 1.58. The monoisotopic (exact) mass is 478 g/mol. The second kappa shape index (κ2) is 11.3. The largest absolute Gasteiger partial charge is 0.489 e. The number of fused-ring (bicyclic) bond motifs is 1. The van der Waals surface area contributed by atoms with Crippen LogP contribution in [-0.2, 0) is 27.3 Å². The zero-order valence-electron chi connectivity index (χ0n) is 19.3. The number of rotatable bonds is 10. The van der Waals surface area contributed by atoms with Crippen molar-refractivity contribution in [3.05, 3.63) is 71.5 Å². The fraction of sp³-hybridized carbons (Fsp3) is 0.423. The average Bonchev–Trinajstić information content (AvgIpc) is 2.80. The van der Waals surface area contributed by atoms with E-state index in [0.717, 1.165) is 29.0 Å². The summed E-state index contributed by atoms with van der Waals surface area (Å²) in [4.78, 5) is 11.9. The molecule has 1 aliphatic heterocycles. The minimum absolute atomic E-state index is 0.0419. The second-order valence-electron chi connectivity index (χ2n) is 8.33. The zero-order chi connectivity index (χ0) is 24.6. The second-order valence-corrected chi connectivity index (χ2v) is 8.33. The molecule has 184 valence electrons. The highest BCUT2D eigenvalue weighted by atomic mass is 19.4. The Kier molecular flexibility index (Phi) is 8.47. The normalized spacial score (nSPS) is 18.0. The van der Waals surface area contributed by atoms with E-state index in [1.54, 1.807) is 6.92 Å². The van der Waals surface area contributed by atoms with Crippen LogP contribution >= 0.6 is 0 Å². The Morgan fingerprint density at radius 1 is 1.15 bits per heavy atom. The van der Waals surface area contributed by atoms with Gasteiger partial charge in [-0.15, -0.1) is 0 Å². The highest BCUT2D eigenvalue weighted by molar-refractivity contribution is 5.86. The SMILES string of the molecule is CCOC(=O)/C(=C/CCC1(C)CCc2cc(OCc3ccccc3)ccc2O1)OCC(F)(F)F. The standard InChI is InChI=1S/C26H29F3O5/c1-3-31-24(30)23(33-18-26(27,28)29)10-7-14-25(2)15-13-20-16-21(11-12-22(20)34-25)32-17-19-8-5-4-6-9-19/h4-6,8-12,16H,3,7,13-15,17-18H2,1-2H3/b23-10-. The molecule has 8 heteroatoms. The van der Waals surface area contributed by atoms with Gasteiger partial charge in [0.15, 0.2) is 6.61 Å². The van der Waals surface area contributed by atoms with E-state index in [9.17, 15) is 18.0 Å². The summed E-state index contributed by atoms with van der Waals surface area (Å²) in [5.74, 6) is 0.177. The molecule has 2 aromatic rings. The highest BCUT2D eigenvalue weighted by Crippen LogP contribution is 2.37. The van der Waals surface area contributed by atoms with E-state index in [4.69, 9.17) is 14.2 Å². The number of benzene rings is 2. The zero-order valence-corrected chi connectivity index (χ0v) is 19.3. The molecule has 1 aliphatic rings. The van der Waals surface area contributed by atoms with Gasteiger partial charge in [0, 0.05) is 0 Å². The predicted molar refractivity (Wildman–Crippen MR) is 121 cm³/mol. The molecule has 0 fully saturated rings. The molecule has 3 rings (SSSR count). The summed E-state index contributed by atoms with van der Waals surface area (Å²) >= 11 is 0. The van der Waals surface area contributed by atoms with Crippen molar-refractivity contribution < 1.29 is 36.9 Å². The number of aryl methyl sites for hydroxylation is 1. The molecule has 2 aromatic carbocycles. The van der Waals surface area contributed by atoms with Crippen LogP contribution in [0.2, 0.25) is 0 Å². The van der Waals surface area contributed by atoms with Crippen LogP contribution in [0.25, 0.3) is 0 Å². The Labute approximate surface area is 197 Å². The van der Waals surface area contributed by atoms with E-state index >= 15 is 0 Å². The third-order valence-electron chi connectivity index (χ3n) is 5.43. The molecule has 0 amide bonds. The smallest absolute Gasteiger partial charge is 0.422 e. The Morgan fingerprint density at radius 3 is 2.62 bits per heavy atom. The number of allylic oxidation sites excluding steroid dienone is 1. The van der Waals surface area contributed by atoms with Crippen LogP contribution in [0.15, 0.2) is 60.4 Å². The fourth-order valence-electron chi connectivity index (χ4n) is 3.64. The number of carbonyl (C=O) groups is 1. The lowest BCUT2D eigenvalue weighted by Gasteiger charge is -2.36. The first-order chi connectivity index (χ1) is 16.2. The van der Waals surface area contributed by atoms with Gasteiger partial charge in [0.2, 0.25) is 5.76 Å². The topological polar surface area (TPSA) is 54.0 Å². The van der Waals surface area contributed by atoms with Crippen LogP contribution in [0.3, 0.4) is 0 Å². The van der Waals surface area contributed by atoms with Crippen LogP contribution in [0, 0.1) is 0 Å². The molecular weight excluding hydrogens is 449 g/mol. The van der Waals surface area contributed by atoms with Gasteiger partial charge in [-0.05, 0) is 74.9 Å². The summed E-state index contributed by atoms with van der Waals surface area (Å²) in [5.41, 5.74) is 1.59. The van der Waals surface area contributed by atoms with Crippen molar-refractivity contribution in [2.24, 2.45) is 0 Å². The number of ether oxygens (including phenoxy) is 4. The molecule has 0 aliphatic carbocycles. The van der Waals surface area contributed by atoms with Gasteiger partial charge in [0.25, 0.3) is 0 Å². The number of esters is 1. The molecule has 0 radical (unpaired) electrons. The first-order valence-electron chi connectivity index (χ1n) is 11.2. The lowest BCUT2D eigenvalue weighted by Crippen LogP contribution is -2.36. The fourth-order valence-corrected chi connectivity index (χ4v) is 3.64. The summed E-state index contributed by atoms with van der Waals surface area (Å²) in [6, 6.07) is 15.6. The van der Waals surface area contributed by atoms with Crippen LogP contribution in [0.5, 0.6) is 11.5 Å². The van der Waals surface area contributed by atoms with Gasteiger partial charge < -0.3 is 18.9 Å². The number of halogens is 3. The van der Waals surface area contributed by atoms with Gasteiger partial charge in [-0.1, -0.05) is 30.3 Å². The summed E-state index contributed by atoms with van der Waals surface area (Å²) in [7, 11) is 0. The van der Waals surface area contributed by atoms with Crippen LogP contribution in [0.4, 0.5) is 13.2 Å². The molecule has 0 saturated heterocycles. The van der Waals surface area contributed by atoms with E-state index < -0.39 is 30.1 Å². The molecule has 1 unspecified atom stereocenters. The molecule has 34 heavy (non-hydrogen) atoms. The van der Waals surface area contributed by atoms with Crippen molar-refractivity contribution in [2.45, 2.75) is 57.9 Å². The molecule has 0 saturated carbocycles. The van der Waals surface area contributed by atoms with E-state index in [1.807, 2.05) is 55.5 Å². The molecule has 1 heterocycles. The minimum atomic E-state index is -4.54. The number of hydrogen-bond acceptors (Lipinski definition) is 5. The van der Waals surface area contributed by atoms with Gasteiger partial charge in [0.05, 0.1) is 6.61 Å². The van der Waals surface area contributed by atoms with Crippen LogP contribution in [-0.4, -0.2) is 31.0 Å². The summed E-state index contributed by atoms with van der Waals surface area (Å²) in [6.07, 6.45) is -0.916. The van der Waals surface area contributed by atoms with E-state index in [2.05, 4.69) is 4.74 Å². The molecule has 0 N–H and O–H groups in total. The quantitative estimate of drug-likeness (QED) is 0.233. The van der Waals surface area contributed by atoms with Crippen molar-refractivity contribution in [1.29, 1.82) is 0 Å². The summed E-state index contributed by atoms with van der Waals surface area (Å²) < 4.78 is 59.1. The van der Waals surface area contributed by atoms with Gasteiger partial charge >= 0.3 is 12.1 Å². The maximum atomic E-state index is 12.5. The lowest BCUT2D eigenvalue weighted by atomic mass is 9.88. The Morgan fingerprint density at radius 2 is 1.91 bits per heavy atom. The molecule has 1 atom stereocenters. The van der Waals surface area contributed by atoms with Gasteiger partial charge in [-0.3, -0.25) is 0 Å². The highest BCUT2D eigenvalue weighted by Gasteiger charge is 2.32. The number of alkyl halides is 3. The van der Waals surface area contributed by atoms with E-state index in [0.29, 0.717) is 25.9 Å². The third kappa shape index (κ3) is 7.71. The molecule has 0 spiro atoms. The third-order valence-corrected chi connectivity index (χ3v) is 5.43. The number of carbonyl (C=O) groups excluding carboxylic acids is 1. The molecule has 5 nitrogen and oxygen atoms in total. The van der Waals surface area contributed by atoms with Gasteiger partial charge in [-0.2, -0.15) is 13.2 Å². The summed E-state index contributed by atoms with van der Waals surface area (Å²) in [6.45, 7) is 2.49. The molecule has 0 bridgehead atoms. The first-order valence-corrected chi connectivity index (χ1v) is 11.2. The van der Waals surface area contributed by atoms with Crippen molar-refractivity contribution >= 4 is 5.97 Å². The van der Waals surface area contributed by atoms with Gasteiger partial charge in [-0.25, -0.2) is 4.79 Å². The van der Waals surface area contributed by atoms with E-state index in [1.165, 1.54) is 6.08 Å². The van der Waals surface area contributed by atoms with E-state index in [-0.39, 0.29) is 6.61 Å². The van der Waals surface area contributed by atoms with Crippen molar-refractivity contribution in [3.63, 3.8) is 0 Å². The Bertz CT molecular complexity index is 988. The van der Waals surface area contributed by atoms with Crippen LogP contribution < -0.4 is 9.47 Å². The van der Waals surface area contributed by atoms with Gasteiger partial charge in [0.1, 0.15) is 23.7 Å². The van der Waals surface area contributed by atoms with Crippen molar-refractivity contribution in [3.8, 4) is 11.5 Å². The first kappa shape index (κ1) is 25.5. The maximum Gasteiger partial charge on any atom is 0.422 e. The number of hydrogen-bond donors (Lipinski definition) is 0. The molecular formula is C26H29F3O5. The molecule has 0 aromatic heterocycles. The lowest BCUT2D eigenvalue weighted by molar-refractivity contribution is -0.170.